The van der Waals surface area contributed by atoms with Crippen LogP contribution in [0.25, 0.3) is 21.8 Å². The zero-order valence-electron chi connectivity index (χ0n) is 46.8. The van der Waals surface area contributed by atoms with Crippen molar-refractivity contribution >= 4 is 67.3 Å². The van der Waals surface area contributed by atoms with Crippen molar-refractivity contribution in [3.8, 4) is 0 Å². The third kappa shape index (κ3) is 13.7. The molecule has 0 fully saturated rings. The molecule has 0 saturated carbocycles. The molecule has 12 rings (SSSR count). The minimum Gasteiger partial charge on any atom is -0.575 e. The van der Waals surface area contributed by atoms with E-state index in [9.17, 15) is 0 Å². The van der Waals surface area contributed by atoms with Gasteiger partial charge in [-0.15, -0.1) is 35.7 Å². The first-order valence-electron chi connectivity index (χ1n) is 26.2. The third-order valence-corrected chi connectivity index (χ3v) is 13.6. The number of benzene rings is 8. The van der Waals surface area contributed by atoms with Gasteiger partial charge in [-0.05, 0) is 103 Å². The summed E-state index contributed by atoms with van der Waals surface area (Å²) in [6.07, 6.45) is 3.52. The predicted octanol–water partition coefficient (Wildman–Crippen LogP) is 17.4. The Morgan fingerprint density at radius 2 is 0.654 bits per heavy atom. The van der Waals surface area contributed by atoms with E-state index in [0.29, 0.717) is 0 Å². The van der Waals surface area contributed by atoms with Gasteiger partial charge in [0, 0.05) is 88.6 Å². The summed E-state index contributed by atoms with van der Waals surface area (Å²) in [5.74, 6) is 0. The number of para-hydroxylation sites is 6. The number of fused-ring (bicyclic) bond motifs is 4. The van der Waals surface area contributed by atoms with Crippen molar-refractivity contribution in [3.05, 3.63) is 242 Å². The first-order valence-corrected chi connectivity index (χ1v) is 26.2. The van der Waals surface area contributed by atoms with Gasteiger partial charge in [-0.1, -0.05) is 168 Å². The Morgan fingerprint density at radius 1 is 0.359 bits per heavy atom. The van der Waals surface area contributed by atoms with E-state index in [0.717, 1.165) is 33.2 Å². The zero-order chi connectivity index (χ0) is 53.8. The number of anilines is 8. The van der Waals surface area contributed by atoms with Crippen LogP contribution in [0.15, 0.2) is 194 Å². The fraction of sp³-hybridized carbons (Fsp3) is 0.235. The Balaban J connectivity index is 0.000000168. The first kappa shape index (κ1) is 58.9. The Morgan fingerprint density at radius 3 is 0.949 bits per heavy atom. The van der Waals surface area contributed by atoms with Gasteiger partial charge in [0.25, 0.3) is 0 Å². The molecule has 0 unspecified atom stereocenters. The third-order valence-electron chi connectivity index (χ3n) is 13.6. The van der Waals surface area contributed by atoms with Gasteiger partial charge in [-0.2, -0.15) is 60.7 Å². The summed E-state index contributed by atoms with van der Waals surface area (Å²) < 4.78 is 0. The molecule has 2 aliphatic heterocycles. The summed E-state index contributed by atoms with van der Waals surface area (Å²) in [7, 11) is 0. The van der Waals surface area contributed by atoms with Crippen LogP contribution < -0.4 is 29.8 Å². The molecule has 0 atom stereocenters. The van der Waals surface area contributed by atoms with Crippen molar-refractivity contribution in [1.29, 1.82) is 0 Å². The standard InChI is InChI=1S/2C27H30N2.2C7H5N2.2Pt/c2*1-26(2,3)20-16-21(27(4,5)6)18-23(17-20)29-19-28(22-12-8-7-9-13-22)24-14-10-11-15-25(24)29;2*1-2-4-7-6(3-1)5-8-9-7;;/h2*7-12,14-19H,1-6H3;2*1-5H;;/q2*-2;2*-1;;. The number of rotatable bonds is 4. The van der Waals surface area contributed by atoms with Gasteiger partial charge in [0.15, 0.2) is 0 Å². The molecule has 0 saturated heterocycles. The van der Waals surface area contributed by atoms with Crippen LogP contribution in [-0.2, 0) is 63.8 Å². The molecule has 2 aliphatic rings. The van der Waals surface area contributed by atoms with E-state index in [-0.39, 0.29) is 63.8 Å². The van der Waals surface area contributed by atoms with Crippen molar-refractivity contribution in [2.24, 2.45) is 0 Å². The number of hydrogen-bond donors (Lipinski definition) is 0. The van der Waals surface area contributed by atoms with Crippen LogP contribution in [0.1, 0.15) is 105 Å². The van der Waals surface area contributed by atoms with E-state index in [1.807, 2.05) is 72.8 Å². The molecule has 0 radical (unpaired) electrons. The fourth-order valence-corrected chi connectivity index (χ4v) is 9.00. The minimum absolute atomic E-state index is 0. The molecular formula is C68H70N8Pt2-6. The molecule has 0 amide bonds. The topological polar surface area (TPSA) is 66.9 Å². The van der Waals surface area contributed by atoms with Crippen molar-refractivity contribution in [3.63, 3.8) is 0 Å². The van der Waals surface area contributed by atoms with Crippen LogP contribution in [0.4, 0.5) is 45.5 Å². The summed E-state index contributed by atoms with van der Waals surface area (Å²) in [6, 6.07) is 69.9. The van der Waals surface area contributed by atoms with E-state index < -0.39 is 0 Å². The summed E-state index contributed by atoms with van der Waals surface area (Å²) in [4.78, 5) is 9.05. The average Bonchev–Trinajstić information content (AvgIpc) is 4.43. The van der Waals surface area contributed by atoms with Crippen LogP contribution >= 0.6 is 0 Å². The molecule has 10 heteroatoms. The fourth-order valence-electron chi connectivity index (χ4n) is 9.00. The second kappa shape index (κ2) is 24.5. The average molecular weight is 1390 g/mol. The maximum Gasteiger partial charge on any atom is 0.0344 e. The van der Waals surface area contributed by atoms with Crippen LogP contribution in [-0.4, -0.2) is 10.2 Å². The van der Waals surface area contributed by atoms with Gasteiger partial charge in [0.1, 0.15) is 0 Å². The van der Waals surface area contributed by atoms with Crippen LogP contribution in [0, 0.1) is 25.5 Å². The molecule has 0 bridgehead atoms. The number of nitrogens with zero attached hydrogens (tertiary/aromatic N) is 8. The largest absolute Gasteiger partial charge is 0.575 e. The van der Waals surface area contributed by atoms with E-state index in [1.165, 1.54) is 56.4 Å². The summed E-state index contributed by atoms with van der Waals surface area (Å²) >= 11 is 0. The van der Waals surface area contributed by atoms with Gasteiger partial charge < -0.3 is 40.0 Å². The van der Waals surface area contributed by atoms with Crippen molar-refractivity contribution in [1.82, 2.24) is 20.4 Å². The molecule has 4 heterocycles. The Bertz CT molecular complexity index is 3160. The van der Waals surface area contributed by atoms with Crippen molar-refractivity contribution in [2.75, 3.05) is 19.6 Å². The molecule has 2 aromatic heterocycles. The summed E-state index contributed by atoms with van der Waals surface area (Å²) in [6.45, 7) is 31.8. The van der Waals surface area contributed by atoms with E-state index >= 15 is 0 Å². The quantitative estimate of drug-likeness (QED) is 0.162. The second-order valence-electron chi connectivity index (χ2n) is 23.5. The first-order chi connectivity index (χ1) is 36.2. The molecule has 0 spiro atoms. The number of aromatic nitrogens is 4. The molecule has 8 nitrogen and oxygen atoms in total. The molecular weight excluding hydrogens is 1320 g/mol. The van der Waals surface area contributed by atoms with Crippen LogP contribution in [0.2, 0.25) is 0 Å². The zero-order valence-corrected chi connectivity index (χ0v) is 51.4. The van der Waals surface area contributed by atoms with Gasteiger partial charge in [0.2, 0.25) is 0 Å². The molecule has 8 aromatic carbocycles. The van der Waals surface area contributed by atoms with Gasteiger partial charge in [-0.3, -0.25) is 0 Å². The Kier molecular flexibility index (Phi) is 18.5. The monoisotopic (exact) mass is 1390 g/mol. The molecule has 78 heavy (non-hydrogen) atoms. The maximum absolute atomic E-state index is 3.87. The Labute approximate surface area is 492 Å². The Hall–Kier alpha value is -6.72. The van der Waals surface area contributed by atoms with E-state index in [1.54, 1.807) is 12.4 Å². The minimum atomic E-state index is 0. The SMILES string of the molecule is CC(C)(C)c1cc(N2[CH-]N(c3[c-]cccc3)c3ccccc32)cc(C(C)(C)C)c1.CC(C)(C)c1cc(N2[CH-]N(c3[c-]cccc3)c3ccccc32)cc(C(C)(C)C)c1.[Pt].[Pt].c1ccc2[n-]ncc2c1.c1ccc2[n-]ncc2c1. The van der Waals surface area contributed by atoms with Crippen LogP contribution in [0.3, 0.4) is 0 Å². The van der Waals surface area contributed by atoms with Gasteiger partial charge in [-0.25, -0.2) is 0 Å². The van der Waals surface area contributed by atoms with Crippen LogP contribution in [0.5, 0.6) is 0 Å². The van der Waals surface area contributed by atoms with E-state index in [4.69, 9.17) is 0 Å². The molecule has 0 N–H and O–H groups in total. The van der Waals surface area contributed by atoms with Crippen molar-refractivity contribution in [2.45, 2.75) is 105 Å². The smallest absolute Gasteiger partial charge is 0.0344 e. The second-order valence-corrected chi connectivity index (χ2v) is 23.5. The molecule has 408 valence electrons. The van der Waals surface area contributed by atoms with E-state index in [2.05, 4.69) is 258 Å². The van der Waals surface area contributed by atoms with Crippen molar-refractivity contribution < 1.29 is 42.1 Å². The van der Waals surface area contributed by atoms with Gasteiger partial charge >= 0.3 is 0 Å². The normalized spacial score (nSPS) is 13.0. The number of hydrogen-bond acceptors (Lipinski definition) is 6. The summed E-state index contributed by atoms with van der Waals surface area (Å²) in [5.41, 5.74) is 16.9. The molecule has 10 aromatic rings. The predicted molar refractivity (Wildman–Crippen MR) is 318 cm³/mol. The summed E-state index contributed by atoms with van der Waals surface area (Å²) in [5, 5.41) is 17.5. The molecule has 0 aliphatic carbocycles. The maximum atomic E-state index is 3.87. The van der Waals surface area contributed by atoms with Gasteiger partial charge in [0.05, 0.1) is 0 Å².